The minimum absolute atomic E-state index is 0.176. The van der Waals surface area contributed by atoms with E-state index in [0.29, 0.717) is 11.5 Å². The quantitative estimate of drug-likeness (QED) is 0.798. The molecule has 0 bridgehead atoms. The Morgan fingerprint density at radius 3 is 2.47 bits per heavy atom. The number of nitrogens with one attached hydrogen (secondary N) is 1. The van der Waals surface area contributed by atoms with E-state index in [1.54, 1.807) is 0 Å². The number of benzene rings is 1. The summed E-state index contributed by atoms with van der Waals surface area (Å²) >= 11 is 4.88. The fourth-order valence-electron chi connectivity index (χ4n) is 1.79. The van der Waals surface area contributed by atoms with Crippen molar-refractivity contribution >= 4 is 23.1 Å². The number of rotatable bonds is 4. The van der Waals surface area contributed by atoms with Crippen LogP contribution < -0.4 is 11.1 Å². The van der Waals surface area contributed by atoms with Crippen molar-refractivity contribution in [3.63, 3.8) is 0 Å². The molecule has 1 aliphatic rings. The van der Waals surface area contributed by atoms with Crippen LogP contribution in [-0.4, -0.2) is 10.9 Å². The van der Waals surface area contributed by atoms with E-state index >= 15 is 0 Å². The van der Waals surface area contributed by atoms with Crippen LogP contribution in [-0.2, 0) is 11.3 Å². The third-order valence-corrected chi connectivity index (χ3v) is 3.42. The molecule has 1 aliphatic carbocycles. The normalized spacial score (nSPS) is 15.1. The van der Waals surface area contributed by atoms with Crippen LogP contribution >= 0.6 is 12.2 Å². The number of hydrogen-bond acceptors (Lipinski definition) is 2. The first-order valence-corrected chi connectivity index (χ1v) is 6.24. The molecule has 17 heavy (non-hydrogen) atoms. The summed E-state index contributed by atoms with van der Waals surface area (Å²) in [6.07, 6.45) is 3.25. The second kappa shape index (κ2) is 5.27. The number of hydrogen-bond donors (Lipinski definition) is 2. The van der Waals surface area contributed by atoms with E-state index in [1.807, 2.05) is 24.3 Å². The molecule has 1 aromatic carbocycles. The van der Waals surface area contributed by atoms with Crippen LogP contribution in [0, 0.1) is 5.92 Å². The van der Waals surface area contributed by atoms with Crippen molar-refractivity contribution in [3.8, 4) is 0 Å². The van der Waals surface area contributed by atoms with E-state index in [2.05, 4.69) is 5.32 Å². The van der Waals surface area contributed by atoms with Gasteiger partial charge in [-0.25, -0.2) is 0 Å². The summed E-state index contributed by atoms with van der Waals surface area (Å²) in [6, 6.07) is 7.64. The highest BCUT2D eigenvalue weighted by Gasteiger charge is 2.24. The summed E-state index contributed by atoms with van der Waals surface area (Å²) in [5, 5.41) is 2.95. The SMILES string of the molecule is NC(=S)c1ccc(CNC(=O)C2CCC2)cc1. The Bertz CT molecular complexity index is 424. The molecule has 0 spiro atoms. The average Bonchev–Trinajstić information content (AvgIpc) is 2.24. The Morgan fingerprint density at radius 1 is 1.35 bits per heavy atom. The van der Waals surface area contributed by atoms with Crippen LogP contribution in [0.4, 0.5) is 0 Å². The second-order valence-corrected chi connectivity index (χ2v) is 4.85. The molecule has 0 aromatic heterocycles. The lowest BCUT2D eigenvalue weighted by Gasteiger charge is -2.24. The van der Waals surface area contributed by atoms with Crippen LogP contribution in [0.3, 0.4) is 0 Å². The molecule has 0 aliphatic heterocycles. The summed E-state index contributed by atoms with van der Waals surface area (Å²) in [6.45, 7) is 0.576. The first kappa shape index (κ1) is 12.0. The molecule has 2 rings (SSSR count). The molecule has 0 atom stereocenters. The van der Waals surface area contributed by atoms with Crippen LogP contribution in [0.15, 0.2) is 24.3 Å². The lowest BCUT2D eigenvalue weighted by atomic mass is 9.85. The van der Waals surface area contributed by atoms with Crippen molar-refractivity contribution in [2.24, 2.45) is 11.7 Å². The Kier molecular flexibility index (Phi) is 3.74. The summed E-state index contributed by atoms with van der Waals surface area (Å²) in [5.41, 5.74) is 7.44. The highest BCUT2D eigenvalue weighted by Crippen LogP contribution is 2.26. The summed E-state index contributed by atoms with van der Waals surface area (Å²) in [4.78, 5) is 12.0. The number of amides is 1. The highest BCUT2D eigenvalue weighted by molar-refractivity contribution is 7.80. The van der Waals surface area contributed by atoms with Crippen molar-refractivity contribution in [2.75, 3.05) is 0 Å². The molecule has 0 saturated heterocycles. The topological polar surface area (TPSA) is 55.1 Å². The smallest absolute Gasteiger partial charge is 0.223 e. The molecule has 3 N–H and O–H groups in total. The molecule has 90 valence electrons. The fourth-order valence-corrected chi connectivity index (χ4v) is 1.93. The van der Waals surface area contributed by atoms with Gasteiger partial charge < -0.3 is 11.1 Å². The van der Waals surface area contributed by atoms with Crippen LogP contribution in [0.25, 0.3) is 0 Å². The maximum atomic E-state index is 11.6. The van der Waals surface area contributed by atoms with Gasteiger partial charge in [0.2, 0.25) is 5.91 Å². The Labute approximate surface area is 106 Å². The van der Waals surface area contributed by atoms with Crippen molar-refractivity contribution in [1.82, 2.24) is 5.32 Å². The van der Waals surface area contributed by atoms with Gasteiger partial charge in [0, 0.05) is 18.0 Å². The van der Waals surface area contributed by atoms with Gasteiger partial charge >= 0.3 is 0 Å². The van der Waals surface area contributed by atoms with Gasteiger partial charge in [-0.15, -0.1) is 0 Å². The molecule has 0 unspecified atom stereocenters. The highest BCUT2D eigenvalue weighted by atomic mass is 32.1. The van der Waals surface area contributed by atoms with E-state index in [0.717, 1.165) is 24.0 Å². The summed E-state index contributed by atoms with van der Waals surface area (Å²) in [5.74, 6) is 0.417. The first-order chi connectivity index (χ1) is 8.16. The van der Waals surface area contributed by atoms with Crippen LogP contribution in [0.1, 0.15) is 30.4 Å². The van der Waals surface area contributed by atoms with Crippen molar-refractivity contribution in [3.05, 3.63) is 35.4 Å². The van der Waals surface area contributed by atoms with E-state index in [-0.39, 0.29) is 11.8 Å². The van der Waals surface area contributed by atoms with Gasteiger partial charge in [-0.05, 0) is 18.4 Å². The standard InChI is InChI=1S/C13H16N2OS/c14-12(17)10-6-4-9(5-7-10)8-15-13(16)11-2-1-3-11/h4-7,11H,1-3,8H2,(H2,14,17)(H,15,16). The predicted molar refractivity (Wildman–Crippen MR) is 71.5 cm³/mol. The lowest BCUT2D eigenvalue weighted by Crippen LogP contribution is -2.33. The van der Waals surface area contributed by atoms with Crippen LogP contribution in [0.5, 0.6) is 0 Å². The maximum absolute atomic E-state index is 11.6. The Hall–Kier alpha value is -1.42. The molecule has 1 amide bonds. The fraction of sp³-hybridized carbons (Fsp3) is 0.385. The zero-order valence-electron chi connectivity index (χ0n) is 9.61. The molecule has 0 heterocycles. The van der Waals surface area contributed by atoms with E-state index < -0.39 is 0 Å². The van der Waals surface area contributed by atoms with E-state index in [4.69, 9.17) is 18.0 Å². The maximum Gasteiger partial charge on any atom is 0.223 e. The number of carbonyl (C=O) groups excluding carboxylic acids is 1. The van der Waals surface area contributed by atoms with Gasteiger partial charge in [-0.3, -0.25) is 4.79 Å². The Balaban J connectivity index is 1.86. The molecular formula is C13H16N2OS. The molecule has 1 aromatic rings. The van der Waals surface area contributed by atoms with Gasteiger partial charge in [0.05, 0.1) is 0 Å². The van der Waals surface area contributed by atoms with Crippen molar-refractivity contribution in [1.29, 1.82) is 0 Å². The third-order valence-electron chi connectivity index (χ3n) is 3.18. The Morgan fingerprint density at radius 2 is 2.00 bits per heavy atom. The second-order valence-electron chi connectivity index (χ2n) is 4.41. The predicted octanol–water partition coefficient (Wildman–Crippen LogP) is 1.74. The van der Waals surface area contributed by atoms with Gasteiger partial charge in [-0.1, -0.05) is 42.9 Å². The molecule has 1 saturated carbocycles. The average molecular weight is 248 g/mol. The minimum Gasteiger partial charge on any atom is -0.389 e. The molecule has 4 heteroatoms. The lowest BCUT2D eigenvalue weighted by molar-refractivity contribution is -0.127. The van der Waals surface area contributed by atoms with Crippen molar-refractivity contribution < 1.29 is 4.79 Å². The summed E-state index contributed by atoms with van der Waals surface area (Å²) < 4.78 is 0. The first-order valence-electron chi connectivity index (χ1n) is 5.83. The monoisotopic (exact) mass is 248 g/mol. The van der Waals surface area contributed by atoms with Crippen molar-refractivity contribution in [2.45, 2.75) is 25.8 Å². The third kappa shape index (κ3) is 3.03. The van der Waals surface area contributed by atoms with E-state index in [1.165, 1.54) is 6.42 Å². The van der Waals surface area contributed by atoms with E-state index in [9.17, 15) is 4.79 Å². The van der Waals surface area contributed by atoms with Gasteiger partial charge in [-0.2, -0.15) is 0 Å². The molecule has 3 nitrogen and oxygen atoms in total. The number of nitrogens with two attached hydrogens (primary N) is 1. The molecular weight excluding hydrogens is 232 g/mol. The van der Waals surface area contributed by atoms with Gasteiger partial charge in [0.1, 0.15) is 4.99 Å². The minimum atomic E-state index is 0.176. The zero-order valence-corrected chi connectivity index (χ0v) is 10.4. The largest absolute Gasteiger partial charge is 0.389 e. The van der Waals surface area contributed by atoms with Crippen LogP contribution in [0.2, 0.25) is 0 Å². The number of thiocarbonyl (C=S) groups is 1. The molecule has 0 radical (unpaired) electrons. The zero-order chi connectivity index (χ0) is 12.3. The number of carbonyl (C=O) groups is 1. The van der Waals surface area contributed by atoms with Gasteiger partial charge in [0.25, 0.3) is 0 Å². The summed E-state index contributed by atoms with van der Waals surface area (Å²) in [7, 11) is 0. The van der Waals surface area contributed by atoms with Gasteiger partial charge in [0.15, 0.2) is 0 Å². The molecule has 1 fully saturated rings.